The predicted octanol–water partition coefficient (Wildman–Crippen LogP) is 4.24. The van der Waals surface area contributed by atoms with E-state index >= 15 is 0 Å². The number of aromatic nitrogens is 2. The Morgan fingerprint density at radius 1 is 1.26 bits per heavy atom. The van der Waals surface area contributed by atoms with Crippen LogP contribution in [0.2, 0.25) is 5.02 Å². The first-order valence-electron chi connectivity index (χ1n) is 5.74. The van der Waals surface area contributed by atoms with Gasteiger partial charge in [-0.2, -0.15) is 0 Å². The third kappa shape index (κ3) is 2.01. The fourth-order valence-corrected chi connectivity index (χ4v) is 2.90. The molecule has 0 saturated carbocycles. The van der Waals surface area contributed by atoms with Gasteiger partial charge in [0.25, 0.3) is 0 Å². The molecule has 0 atom stereocenters. The van der Waals surface area contributed by atoms with Crippen LogP contribution in [0.1, 0.15) is 0 Å². The van der Waals surface area contributed by atoms with Crippen LogP contribution in [0, 0.1) is 0 Å². The number of nitrogens with zero attached hydrogens (tertiary/aromatic N) is 2. The average molecular weight is 337 g/mol. The Labute approximate surface area is 124 Å². The highest BCUT2D eigenvalue weighted by Crippen LogP contribution is 2.33. The summed E-state index contributed by atoms with van der Waals surface area (Å²) in [6.45, 7) is 0. The van der Waals surface area contributed by atoms with E-state index in [1.807, 2.05) is 48.0 Å². The van der Waals surface area contributed by atoms with Crippen molar-refractivity contribution in [3.8, 4) is 11.4 Å². The molecule has 1 aromatic heterocycles. The molecule has 0 aliphatic carbocycles. The van der Waals surface area contributed by atoms with E-state index in [2.05, 4.69) is 20.9 Å². The number of aryl methyl sites for hydroxylation is 1. The van der Waals surface area contributed by atoms with Crippen LogP contribution < -0.4 is 5.73 Å². The SMILES string of the molecule is Cn1c(-c2cc(N)ccc2Br)nc2cccc(Cl)c21. The number of nitrogens with two attached hydrogens (primary N) is 1. The molecule has 0 saturated heterocycles. The zero-order valence-corrected chi connectivity index (χ0v) is 12.5. The molecule has 0 aliphatic heterocycles. The Bertz CT molecular complexity index is 780. The van der Waals surface area contributed by atoms with E-state index in [0.29, 0.717) is 10.7 Å². The van der Waals surface area contributed by atoms with Gasteiger partial charge in [0.05, 0.1) is 16.1 Å². The van der Waals surface area contributed by atoms with Crippen LogP contribution in [0.15, 0.2) is 40.9 Å². The molecule has 19 heavy (non-hydrogen) atoms. The summed E-state index contributed by atoms with van der Waals surface area (Å²) in [5.74, 6) is 0.835. The minimum Gasteiger partial charge on any atom is -0.399 e. The molecule has 0 unspecified atom stereocenters. The van der Waals surface area contributed by atoms with Crippen LogP contribution in [-0.2, 0) is 7.05 Å². The van der Waals surface area contributed by atoms with E-state index < -0.39 is 0 Å². The summed E-state index contributed by atoms with van der Waals surface area (Å²) in [7, 11) is 1.95. The molecule has 3 nitrogen and oxygen atoms in total. The molecule has 0 fully saturated rings. The quantitative estimate of drug-likeness (QED) is 0.676. The number of hydrogen-bond donors (Lipinski definition) is 1. The normalized spacial score (nSPS) is 11.1. The van der Waals surface area contributed by atoms with Gasteiger partial charge in [-0.15, -0.1) is 0 Å². The zero-order valence-electron chi connectivity index (χ0n) is 10.2. The molecule has 2 N–H and O–H groups in total. The second-order valence-electron chi connectivity index (χ2n) is 4.34. The van der Waals surface area contributed by atoms with Crippen LogP contribution in [0.4, 0.5) is 5.69 Å². The topological polar surface area (TPSA) is 43.8 Å². The van der Waals surface area contributed by atoms with Crippen LogP contribution in [0.3, 0.4) is 0 Å². The minimum atomic E-state index is 0.693. The van der Waals surface area contributed by atoms with Crippen molar-refractivity contribution in [3.05, 3.63) is 45.9 Å². The van der Waals surface area contributed by atoms with E-state index in [-0.39, 0.29) is 0 Å². The molecule has 5 heteroatoms. The molecule has 3 aromatic rings. The number of halogens is 2. The summed E-state index contributed by atoms with van der Waals surface area (Å²) >= 11 is 9.77. The number of rotatable bonds is 1. The van der Waals surface area contributed by atoms with Crippen molar-refractivity contribution >= 4 is 44.3 Å². The van der Waals surface area contributed by atoms with E-state index in [1.165, 1.54) is 0 Å². The molecule has 0 amide bonds. The van der Waals surface area contributed by atoms with Crippen LogP contribution in [0.5, 0.6) is 0 Å². The average Bonchev–Trinajstić information content (AvgIpc) is 2.71. The number of para-hydroxylation sites is 1. The highest BCUT2D eigenvalue weighted by Gasteiger charge is 2.14. The molecule has 2 aromatic carbocycles. The van der Waals surface area contributed by atoms with Crippen molar-refractivity contribution in [1.82, 2.24) is 9.55 Å². The van der Waals surface area contributed by atoms with Gasteiger partial charge in [-0.25, -0.2) is 4.98 Å². The zero-order chi connectivity index (χ0) is 13.6. The van der Waals surface area contributed by atoms with Crippen molar-refractivity contribution in [3.63, 3.8) is 0 Å². The molecule has 0 bridgehead atoms. The molecule has 0 radical (unpaired) electrons. The van der Waals surface area contributed by atoms with E-state index in [4.69, 9.17) is 17.3 Å². The van der Waals surface area contributed by atoms with Crippen molar-refractivity contribution in [1.29, 1.82) is 0 Å². The molecule has 0 aliphatic rings. The first-order valence-corrected chi connectivity index (χ1v) is 6.91. The van der Waals surface area contributed by atoms with E-state index in [1.54, 1.807) is 0 Å². The van der Waals surface area contributed by atoms with Gasteiger partial charge < -0.3 is 10.3 Å². The number of anilines is 1. The second-order valence-corrected chi connectivity index (χ2v) is 5.60. The predicted molar refractivity (Wildman–Crippen MR) is 83.3 cm³/mol. The van der Waals surface area contributed by atoms with Gasteiger partial charge >= 0.3 is 0 Å². The molecule has 1 heterocycles. The third-order valence-corrected chi connectivity index (χ3v) is 4.07. The van der Waals surface area contributed by atoms with Crippen molar-refractivity contribution in [2.45, 2.75) is 0 Å². The fourth-order valence-electron chi connectivity index (χ4n) is 2.18. The second kappa shape index (κ2) is 4.54. The maximum Gasteiger partial charge on any atom is 0.142 e. The van der Waals surface area contributed by atoms with Gasteiger partial charge in [0.1, 0.15) is 5.82 Å². The maximum absolute atomic E-state index is 6.24. The first-order chi connectivity index (χ1) is 9.08. The summed E-state index contributed by atoms with van der Waals surface area (Å²) in [6.07, 6.45) is 0. The summed E-state index contributed by atoms with van der Waals surface area (Å²) in [5, 5.41) is 0.693. The lowest BCUT2D eigenvalue weighted by molar-refractivity contribution is 0.958. The van der Waals surface area contributed by atoms with Gasteiger partial charge in [0.2, 0.25) is 0 Å². The monoisotopic (exact) mass is 335 g/mol. The third-order valence-electron chi connectivity index (χ3n) is 3.08. The summed E-state index contributed by atoms with van der Waals surface area (Å²) in [5.41, 5.74) is 9.31. The fraction of sp³-hybridized carbons (Fsp3) is 0.0714. The molecule has 3 rings (SSSR count). The first kappa shape index (κ1) is 12.5. The van der Waals surface area contributed by atoms with Gasteiger partial charge in [-0.05, 0) is 30.3 Å². The van der Waals surface area contributed by atoms with Crippen molar-refractivity contribution in [2.24, 2.45) is 7.05 Å². The van der Waals surface area contributed by atoms with Crippen molar-refractivity contribution < 1.29 is 0 Å². The Kier molecular flexibility index (Phi) is 2.99. The number of fused-ring (bicyclic) bond motifs is 1. The smallest absolute Gasteiger partial charge is 0.142 e. The van der Waals surface area contributed by atoms with Crippen LogP contribution in [-0.4, -0.2) is 9.55 Å². The van der Waals surface area contributed by atoms with Gasteiger partial charge in [0.15, 0.2) is 0 Å². The van der Waals surface area contributed by atoms with E-state index in [0.717, 1.165) is 26.9 Å². The standard InChI is InChI=1S/C14H11BrClN3/c1-19-13-11(16)3-2-4-12(13)18-14(19)9-7-8(17)5-6-10(9)15/h2-7H,17H2,1H3. The summed E-state index contributed by atoms with van der Waals surface area (Å²) in [6, 6.07) is 11.4. The Balaban J connectivity index is 2.34. The Hall–Kier alpha value is -1.52. The lowest BCUT2D eigenvalue weighted by Crippen LogP contribution is -1.95. The van der Waals surface area contributed by atoms with E-state index in [9.17, 15) is 0 Å². The summed E-state index contributed by atoms with van der Waals surface area (Å²) < 4.78 is 2.94. The molecular weight excluding hydrogens is 326 g/mol. The van der Waals surface area contributed by atoms with Crippen LogP contribution in [0.25, 0.3) is 22.4 Å². The molecule has 0 spiro atoms. The lowest BCUT2D eigenvalue weighted by Gasteiger charge is -2.06. The van der Waals surface area contributed by atoms with Gasteiger partial charge in [-0.3, -0.25) is 0 Å². The largest absolute Gasteiger partial charge is 0.399 e. The molecule has 96 valence electrons. The lowest BCUT2D eigenvalue weighted by atomic mass is 10.2. The van der Waals surface area contributed by atoms with Gasteiger partial charge in [0, 0.05) is 22.8 Å². The molecular formula is C14H11BrClN3. The maximum atomic E-state index is 6.24. The van der Waals surface area contributed by atoms with Gasteiger partial charge in [-0.1, -0.05) is 33.6 Å². The highest BCUT2D eigenvalue weighted by atomic mass is 79.9. The summed E-state index contributed by atoms with van der Waals surface area (Å²) in [4.78, 5) is 4.64. The Morgan fingerprint density at radius 3 is 2.79 bits per heavy atom. The van der Waals surface area contributed by atoms with Crippen LogP contribution >= 0.6 is 27.5 Å². The van der Waals surface area contributed by atoms with Crippen molar-refractivity contribution in [2.75, 3.05) is 5.73 Å². The Morgan fingerprint density at radius 2 is 2.05 bits per heavy atom. The number of imidazole rings is 1. The highest BCUT2D eigenvalue weighted by molar-refractivity contribution is 9.10. The minimum absolute atomic E-state index is 0.693. The number of nitrogen functional groups attached to an aromatic ring is 1. The number of benzene rings is 2. The number of hydrogen-bond acceptors (Lipinski definition) is 2.